The Morgan fingerprint density at radius 2 is 0.970 bits per heavy atom. The summed E-state index contributed by atoms with van der Waals surface area (Å²) in [6, 6.07) is 34.1. The van der Waals surface area contributed by atoms with E-state index in [0.717, 1.165) is 0 Å². The van der Waals surface area contributed by atoms with Crippen LogP contribution in [0.1, 0.15) is 46.0 Å². The van der Waals surface area contributed by atoms with Gasteiger partial charge in [0, 0.05) is 0 Å². The Kier molecular flexibility index (Phi) is 10.7. The van der Waals surface area contributed by atoms with Gasteiger partial charge < -0.3 is 0 Å². The van der Waals surface area contributed by atoms with Crippen molar-refractivity contribution in [1.82, 2.24) is 0 Å². The number of hydrogen-bond donors (Lipinski definition) is 0. The number of benzene rings is 3. The summed E-state index contributed by atoms with van der Waals surface area (Å²) in [5, 5.41) is 4.55. The van der Waals surface area contributed by atoms with Crippen LogP contribution in [0.3, 0.4) is 0 Å². The molecule has 33 heavy (non-hydrogen) atoms. The molecule has 174 valence electrons. The van der Waals surface area contributed by atoms with Gasteiger partial charge in [-0.25, -0.2) is 0 Å². The average molecular weight is 564 g/mol. The van der Waals surface area contributed by atoms with E-state index in [1.54, 1.807) is 0 Å². The third-order valence-electron chi connectivity index (χ3n) is 7.25. The predicted octanol–water partition coefficient (Wildman–Crippen LogP) is 8.14. The molecule has 0 spiro atoms. The standard InChI is InChI=1S/C21H21P.2C4H9.C2H3.Sn/c1-2-18-22(19-12-6-3-7-13-19,20-14-8-4-9-15-20)21-16-10-5-11-17-21;2*1-3-4-2;1-2;/h3-17H,1-2,18H2;2*1,3-4H2,2H3;1H,2H2;/q+1;;;;. The van der Waals surface area contributed by atoms with Crippen LogP contribution in [0.4, 0.5) is 0 Å². The van der Waals surface area contributed by atoms with Crippen LogP contribution in [0.15, 0.2) is 102 Å². The van der Waals surface area contributed by atoms with E-state index in [1.165, 1.54) is 67.5 Å². The summed E-state index contributed by atoms with van der Waals surface area (Å²) in [4.78, 5) is 0. The molecule has 0 saturated carbocycles. The third kappa shape index (κ3) is 6.61. The van der Waals surface area contributed by atoms with Crippen LogP contribution < -0.4 is 15.9 Å². The fourth-order valence-electron chi connectivity index (χ4n) is 5.29. The summed E-state index contributed by atoms with van der Waals surface area (Å²) in [6.07, 6.45) is 7.99. The monoisotopic (exact) mass is 565 g/mol. The normalized spacial score (nSPS) is 11.9. The van der Waals surface area contributed by atoms with Gasteiger partial charge in [-0.3, -0.25) is 0 Å². The first-order valence-corrected chi connectivity index (χ1v) is 22.6. The van der Waals surface area contributed by atoms with Gasteiger partial charge in [0.15, 0.2) is 0 Å². The first-order chi connectivity index (χ1) is 16.2. The summed E-state index contributed by atoms with van der Waals surface area (Å²) >= 11 is -2.31. The molecular formula is C31H42PSn+. The van der Waals surface area contributed by atoms with Crippen LogP contribution in [0.5, 0.6) is 0 Å². The number of unbranched alkanes of at least 4 members (excludes halogenated alkanes) is 2. The second-order valence-electron chi connectivity index (χ2n) is 9.42. The van der Waals surface area contributed by atoms with Crippen molar-refractivity contribution in [2.75, 3.05) is 6.16 Å². The zero-order valence-electron chi connectivity index (χ0n) is 20.8. The second kappa shape index (κ2) is 13.5. The Balaban J connectivity index is 2.00. The Hall–Kier alpha value is -1.37. The molecule has 0 aliphatic heterocycles. The quantitative estimate of drug-likeness (QED) is 0.137. The average Bonchev–Trinajstić information content (AvgIpc) is 2.89. The van der Waals surface area contributed by atoms with Crippen molar-refractivity contribution in [2.45, 2.75) is 59.3 Å². The molecule has 0 amide bonds. The van der Waals surface area contributed by atoms with E-state index in [4.69, 9.17) is 0 Å². The topological polar surface area (TPSA) is 0 Å². The fraction of sp³-hybridized carbons (Fsp3) is 0.355. The van der Waals surface area contributed by atoms with Crippen LogP contribution in [-0.2, 0) is 0 Å². The maximum absolute atomic E-state index is 4.43. The molecule has 0 unspecified atom stereocenters. The molecule has 0 aliphatic carbocycles. The number of hydrogen-bond acceptors (Lipinski definition) is 0. The molecule has 3 rings (SSSR count). The van der Waals surface area contributed by atoms with E-state index in [-0.39, 0.29) is 0 Å². The van der Waals surface area contributed by atoms with Gasteiger partial charge in [0.2, 0.25) is 0 Å². The van der Waals surface area contributed by atoms with Gasteiger partial charge >= 0.3 is 209 Å². The molecule has 0 N–H and O–H groups in total. The molecule has 0 saturated heterocycles. The summed E-state index contributed by atoms with van der Waals surface area (Å²) in [5.74, 6) is 0. The van der Waals surface area contributed by atoms with E-state index < -0.39 is 25.6 Å². The van der Waals surface area contributed by atoms with Crippen molar-refractivity contribution >= 4 is 41.6 Å². The summed E-state index contributed by atoms with van der Waals surface area (Å²) in [5.41, 5.74) is 0. The fourth-order valence-corrected chi connectivity index (χ4v) is 22.9. The van der Waals surface area contributed by atoms with Crippen molar-refractivity contribution in [1.29, 1.82) is 0 Å². The molecule has 0 aromatic heterocycles. The van der Waals surface area contributed by atoms with Crippen LogP contribution in [0, 0.1) is 0 Å². The van der Waals surface area contributed by atoms with E-state index in [2.05, 4.69) is 116 Å². The van der Waals surface area contributed by atoms with E-state index in [1.807, 2.05) is 0 Å². The minimum absolute atomic E-state index is 1.26. The number of rotatable bonds is 14. The second-order valence-corrected chi connectivity index (χ2v) is 26.3. The molecule has 3 aromatic rings. The van der Waals surface area contributed by atoms with Crippen LogP contribution in [0.25, 0.3) is 0 Å². The van der Waals surface area contributed by atoms with Crippen molar-refractivity contribution in [2.24, 2.45) is 0 Å². The predicted molar refractivity (Wildman–Crippen MR) is 155 cm³/mol. The van der Waals surface area contributed by atoms with Crippen LogP contribution in [-0.4, -0.2) is 24.5 Å². The van der Waals surface area contributed by atoms with Crippen molar-refractivity contribution < 1.29 is 0 Å². The Bertz CT molecular complexity index is 832. The Morgan fingerprint density at radius 1 is 0.606 bits per heavy atom. The minimum atomic E-state index is -2.31. The molecule has 0 radical (unpaired) electrons. The van der Waals surface area contributed by atoms with E-state index in [9.17, 15) is 0 Å². The maximum atomic E-state index is 4.43. The zero-order chi connectivity index (χ0) is 23.4. The van der Waals surface area contributed by atoms with E-state index in [0.29, 0.717) is 0 Å². The Morgan fingerprint density at radius 3 is 1.30 bits per heavy atom. The van der Waals surface area contributed by atoms with Gasteiger partial charge in [0.1, 0.15) is 0 Å². The molecular weight excluding hydrogens is 522 g/mol. The first kappa shape index (κ1) is 26.2. The summed E-state index contributed by atoms with van der Waals surface area (Å²) in [6.45, 7) is 9.12. The third-order valence-corrected chi connectivity index (χ3v) is 25.8. The van der Waals surface area contributed by atoms with Crippen molar-refractivity contribution in [3.05, 3.63) is 102 Å². The molecule has 2 heteroatoms. The van der Waals surface area contributed by atoms with Gasteiger partial charge in [-0.1, -0.05) is 0 Å². The van der Waals surface area contributed by atoms with E-state index >= 15 is 0 Å². The molecule has 0 fully saturated rings. The first-order valence-electron chi connectivity index (χ1n) is 12.9. The van der Waals surface area contributed by atoms with Gasteiger partial charge in [-0.05, 0) is 0 Å². The summed E-state index contributed by atoms with van der Waals surface area (Å²) < 4.78 is 6.95. The summed E-state index contributed by atoms with van der Waals surface area (Å²) in [7, 11) is -1.70. The van der Waals surface area contributed by atoms with Crippen molar-refractivity contribution in [3.8, 4) is 0 Å². The molecule has 0 bridgehead atoms. The molecule has 3 aromatic carbocycles. The van der Waals surface area contributed by atoms with Gasteiger partial charge in [0.05, 0.1) is 0 Å². The van der Waals surface area contributed by atoms with Gasteiger partial charge in [-0.15, -0.1) is 0 Å². The SMILES string of the molecule is C=[CH][Sn]([CH2]CCC)([CH2]CCC)[CH2]CC[P+](c1ccccc1)(c1ccccc1)c1ccccc1. The molecule has 0 nitrogen and oxygen atoms in total. The molecule has 0 atom stereocenters. The molecule has 0 heterocycles. The van der Waals surface area contributed by atoms with Crippen molar-refractivity contribution in [3.63, 3.8) is 0 Å². The van der Waals surface area contributed by atoms with Gasteiger partial charge in [0.25, 0.3) is 0 Å². The zero-order valence-corrected chi connectivity index (χ0v) is 24.5. The van der Waals surface area contributed by atoms with Crippen LogP contribution >= 0.6 is 7.26 Å². The molecule has 0 aliphatic rings. The van der Waals surface area contributed by atoms with Gasteiger partial charge in [-0.2, -0.15) is 0 Å². The van der Waals surface area contributed by atoms with Crippen LogP contribution in [0.2, 0.25) is 13.3 Å². The Labute approximate surface area is 207 Å².